The SMILES string of the molecule is CC/C=C\C=C/Cc1c[nH]cc1C#N. The van der Waals surface area contributed by atoms with Crippen molar-refractivity contribution >= 4 is 0 Å². The summed E-state index contributed by atoms with van der Waals surface area (Å²) in [4.78, 5) is 2.93. The number of allylic oxidation sites excluding steroid dienone is 4. The molecule has 0 bridgehead atoms. The van der Waals surface area contributed by atoms with E-state index in [9.17, 15) is 0 Å². The summed E-state index contributed by atoms with van der Waals surface area (Å²) in [5.74, 6) is 0. The number of aromatic amines is 1. The maximum atomic E-state index is 8.74. The zero-order chi connectivity index (χ0) is 10.2. The van der Waals surface area contributed by atoms with E-state index in [4.69, 9.17) is 5.26 Å². The lowest BCUT2D eigenvalue weighted by Crippen LogP contribution is -1.80. The normalized spacial score (nSPS) is 11.1. The molecule has 14 heavy (non-hydrogen) atoms. The molecule has 0 radical (unpaired) electrons. The number of nitrogens with one attached hydrogen (secondary N) is 1. The first-order chi connectivity index (χ1) is 6.88. The van der Waals surface area contributed by atoms with Crippen molar-refractivity contribution in [3.8, 4) is 6.07 Å². The molecule has 0 fully saturated rings. The van der Waals surface area contributed by atoms with Crippen LogP contribution in [0.25, 0.3) is 0 Å². The molecule has 0 saturated heterocycles. The minimum Gasteiger partial charge on any atom is -0.366 e. The van der Waals surface area contributed by atoms with Gasteiger partial charge in [-0.15, -0.1) is 0 Å². The van der Waals surface area contributed by atoms with E-state index in [1.54, 1.807) is 6.20 Å². The predicted molar refractivity (Wildman–Crippen MR) is 57.8 cm³/mol. The van der Waals surface area contributed by atoms with E-state index in [0.717, 1.165) is 24.0 Å². The van der Waals surface area contributed by atoms with Gasteiger partial charge in [0.05, 0.1) is 5.56 Å². The Bertz CT molecular complexity index is 364. The Morgan fingerprint density at radius 1 is 1.36 bits per heavy atom. The van der Waals surface area contributed by atoms with Crippen molar-refractivity contribution in [1.82, 2.24) is 4.98 Å². The Morgan fingerprint density at radius 2 is 2.14 bits per heavy atom. The molecule has 0 spiro atoms. The molecule has 72 valence electrons. The van der Waals surface area contributed by atoms with Gasteiger partial charge in [0.25, 0.3) is 0 Å². The van der Waals surface area contributed by atoms with Gasteiger partial charge in [-0.2, -0.15) is 5.26 Å². The topological polar surface area (TPSA) is 39.6 Å². The molecule has 0 unspecified atom stereocenters. The highest BCUT2D eigenvalue weighted by molar-refractivity contribution is 5.36. The smallest absolute Gasteiger partial charge is 0.101 e. The first-order valence-electron chi connectivity index (χ1n) is 4.76. The summed E-state index contributed by atoms with van der Waals surface area (Å²) >= 11 is 0. The van der Waals surface area contributed by atoms with Gasteiger partial charge >= 0.3 is 0 Å². The van der Waals surface area contributed by atoms with Gasteiger partial charge < -0.3 is 4.98 Å². The maximum absolute atomic E-state index is 8.74. The van der Waals surface area contributed by atoms with Gasteiger partial charge in [0.1, 0.15) is 6.07 Å². The average Bonchev–Trinajstić information content (AvgIpc) is 2.65. The summed E-state index contributed by atoms with van der Waals surface area (Å²) in [5, 5.41) is 8.74. The Morgan fingerprint density at radius 3 is 2.86 bits per heavy atom. The van der Waals surface area contributed by atoms with Crippen molar-refractivity contribution in [3.05, 3.63) is 47.8 Å². The van der Waals surface area contributed by atoms with Crippen molar-refractivity contribution < 1.29 is 0 Å². The van der Waals surface area contributed by atoms with Crippen molar-refractivity contribution in [3.63, 3.8) is 0 Å². The molecular formula is C12H14N2. The van der Waals surface area contributed by atoms with E-state index in [1.807, 2.05) is 18.3 Å². The van der Waals surface area contributed by atoms with Crippen molar-refractivity contribution in [2.24, 2.45) is 0 Å². The van der Waals surface area contributed by atoms with Gasteiger partial charge in [0.15, 0.2) is 0 Å². The van der Waals surface area contributed by atoms with E-state index in [0.29, 0.717) is 0 Å². The Hall–Kier alpha value is -1.75. The van der Waals surface area contributed by atoms with Crippen LogP contribution in [-0.2, 0) is 6.42 Å². The van der Waals surface area contributed by atoms with Crippen LogP contribution in [0, 0.1) is 11.3 Å². The highest BCUT2D eigenvalue weighted by Crippen LogP contribution is 2.07. The van der Waals surface area contributed by atoms with Crippen molar-refractivity contribution in [2.45, 2.75) is 19.8 Å². The highest BCUT2D eigenvalue weighted by atomic mass is 14.6. The number of hydrogen-bond acceptors (Lipinski definition) is 1. The fourth-order valence-electron chi connectivity index (χ4n) is 1.16. The van der Waals surface area contributed by atoms with Crippen LogP contribution >= 0.6 is 0 Å². The number of H-pyrrole nitrogens is 1. The molecule has 1 N–H and O–H groups in total. The lowest BCUT2D eigenvalue weighted by Gasteiger charge is -1.89. The summed E-state index contributed by atoms with van der Waals surface area (Å²) in [6.45, 7) is 2.10. The Labute approximate surface area is 84.6 Å². The molecule has 0 saturated carbocycles. The van der Waals surface area contributed by atoms with Gasteiger partial charge in [-0.25, -0.2) is 0 Å². The van der Waals surface area contributed by atoms with Gasteiger partial charge in [0, 0.05) is 12.4 Å². The van der Waals surface area contributed by atoms with Crippen LogP contribution in [0.3, 0.4) is 0 Å². The summed E-state index contributed by atoms with van der Waals surface area (Å²) < 4.78 is 0. The molecule has 0 atom stereocenters. The van der Waals surface area contributed by atoms with Crippen molar-refractivity contribution in [2.75, 3.05) is 0 Å². The Kier molecular flexibility index (Phi) is 4.30. The van der Waals surface area contributed by atoms with Gasteiger partial charge in [-0.1, -0.05) is 31.2 Å². The van der Waals surface area contributed by atoms with Crippen LogP contribution in [0.15, 0.2) is 36.7 Å². The van der Waals surface area contributed by atoms with E-state index in [2.05, 4.69) is 30.1 Å². The first kappa shape index (κ1) is 10.3. The second-order valence-corrected chi connectivity index (χ2v) is 2.97. The fourth-order valence-corrected chi connectivity index (χ4v) is 1.16. The quantitative estimate of drug-likeness (QED) is 0.721. The highest BCUT2D eigenvalue weighted by Gasteiger charge is 1.98. The zero-order valence-corrected chi connectivity index (χ0v) is 8.33. The summed E-state index contributed by atoms with van der Waals surface area (Å²) in [6.07, 6.45) is 13.6. The molecule has 0 amide bonds. The third-order valence-electron chi connectivity index (χ3n) is 1.91. The minimum absolute atomic E-state index is 0.731. The maximum Gasteiger partial charge on any atom is 0.101 e. The molecule has 1 aromatic rings. The fraction of sp³-hybridized carbons (Fsp3) is 0.250. The lowest BCUT2D eigenvalue weighted by molar-refractivity contribution is 1.22. The van der Waals surface area contributed by atoms with E-state index in [1.165, 1.54) is 0 Å². The van der Waals surface area contributed by atoms with Crippen molar-refractivity contribution in [1.29, 1.82) is 5.26 Å². The summed E-state index contributed by atoms with van der Waals surface area (Å²) in [7, 11) is 0. The van der Waals surface area contributed by atoms with Crippen LogP contribution < -0.4 is 0 Å². The standard InChI is InChI=1S/C12H14N2/c1-2-3-4-5-6-7-11-9-14-10-12(11)8-13/h3-6,9-10,14H,2,7H2,1H3/b4-3-,6-5-. The second-order valence-electron chi connectivity index (χ2n) is 2.97. The zero-order valence-electron chi connectivity index (χ0n) is 8.33. The molecule has 1 heterocycles. The molecule has 2 nitrogen and oxygen atoms in total. The largest absolute Gasteiger partial charge is 0.366 e. The van der Waals surface area contributed by atoms with E-state index in [-0.39, 0.29) is 0 Å². The number of rotatable bonds is 4. The summed E-state index contributed by atoms with van der Waals surface area (Å²) in [5.41, 5.74) is 1.78. The third kappa shape index (κ3) is 2.95. The first-order valence-corrected chi connectivity index (χ1v) is 4.76. The lowest BCUT2D eigenvalue weighted by atomic mass is 10.1. The van der Waals surface area contributed by atoms with Gasteiger partial charge in [0.2, 0.25) is 0 Å². The monoisotopic (exact) mass is 186 g/mol. The van der Waals surface area contributed by atoms with Gasteiger partial charge in [-0.05, 0) is 18.4 Å². The molecule has 1 rings (SSSR count). The number of nitrogens with zero attached hydrogens (tertiary/aromatic N) is 1. The molecule has 0 aromatic carbocycles. The molecular weight excluding hydrogens is 172 g/mol. The van der Waals surface area contributed by atoms with Crippen LogP contribution in [0.4, 0.5) is 0 Å². The molecule has 0 aliphatic rings. The van der Waals surface area contributed by atoms with Crippen LogP contribution in [-0.4, -0.2) is 4.98 Å². The van der Waals surface area contributed by atoms with Gasteiger partial charge in [-0.3, -0.25) is 0 Å². The number of hydrogen-bond donors (Lipinski definition) is 1. The number of aromatic nitrogens is 1. The van der Waals surface area contributed by atoms with Crippen LogP contribution in [0.1, 0.15) is 24.5 Å². The van der Waals surface area contributed by atoms with E-state index >= 15 is 0 Å². The predicted octanol–water partition coefficient (Wildman–Crippen LogP) is 2.95. The second kappa shape index (κ2) is 5.82. The third-order valence-corrected chi connectivity index (χ3v) is 1.91. The number of nitriles is 1. The average molecular weight is 186 g/mol. The molecule has 0 aliphatic carbocycles. The minimum atomic E-state index is 0.731. The summed E-state index contributed by atoms with van der Waals surface area (Å²) in [6, 6.07) is 2.14. The molecule has 0 aliphatic heterocycles. The molecule has 2 heteroatoms. The van der Waals surface area contributed by atoms with E-state index < -0.39 is 0 Å². The van der Waals surface area contributed by atoms with Crippen LogP contribution in [0.5, 0.6) is 0 Å². The Balaban J connectivity index is 2.50. The van der Waals surface area contributed by atoms with Crippen LogP contribution in [0.2, 0.25) is 0 Å². The molecule has 1 aromatic heterocycles.